The van der Waals surface area contributed by atoms with E-state index in [4.69, 9.17) is 9.26 Å². The molecule has 162 valence electrons. The molecule has 2 aliphatic carbocycles. The first kappa shape index (κ1) is 19.1. The Bertz CT molecular complexity index is 1200. The molecule has 1 aromatic heterocycles. The van der Waals surface area contributed by atoms with Gasteiger partial charge in [0.25, 0.3) is 11.6 Å². The van der Waals surface area contributed by atoms with Crippen molar-refractivity contribution in [2.45, 2.75) is 44.1 Å². The Morgan fingerprint density at radius 1 is 0.969 bits per heavy atom. The second-order valence-corrected chi connectivity index (χ2v) is 8.60. The highest BCUT2D eigenvalue weighted by Gasteiger charge is 2.50. The number of benzene rings is 2. The second-order valence-electron chi connectivity index (χ2n) is 8.60. The summed E-state index contributed by atoms with van der Waals surface area (Å²) in [5.74, 6) is -1.14. The monoisotopic (exact) mass is 429 g/mol. The first-order valence-corrected chi connectivity index (χ1v) is 11.1. The van der Waals surface area contributed by atoms with E-state index in [1.807, 2.05) is 0 Å². The molecule has 0 saturated carbocycles. The third kappa shape index (κ3) is 2.77. The third-order valence-corrected chi connectivity index (χ3v) is 6.85. The molecule has 1 aliphatic heterocycles. The third-order valence-electron chi connectivity index (χ3n) is 6.85. The zero-order valence-corrected chi connectivity index (χ0v) is 17.6. The van der Waals surface area contributed by atoms with E-state index in [9.17, 15) is 9.90 Å². The van der Waals surface area contributed by atoms with Crippen molar-refractivity contribution in [2.24, 2.45) is 4.99 Å². The Kier molecular flexibility index (Phi) is 4.31. The summed E-state index contributed by atoms with van der Waals surface area (Å²) in [7, 11) is 0. The molecule has 1 atom stereocenters. The molecule has 0 radical (unpaired) electrons. The highest BCUT2D eigenvalue weighted by atomic mass is 16.6. The van der Waals surface area contributed by atoms with Crippen LogP contribution in [0.3, 0.4) is 0 Å². The topological polar surface area (TPSA) is 97.0 Å². The van der Waals surface area contributed by atoms with Gasteiger partial charge in [0.05, 0.1) is 0 Å². The van der Waals surface area contributed by atoms with Crippen molar-refractivity contribution >= 4 is 17.7 Å². The summed E-state index contributed by atoms with van der Waals surface area (Å²) >= 11 is 0. The SMILES string of the molecule is O=C(O)C1(c2ccon2)CN=C(Nc2c3c(c(-c4ccccc4)c4c2CCC4)CCC3)O1. The van der Waals surface area contributed by atoms with Crippen molar-refractivity contribution < 1.29 is 19.2 Å². The molecule has 6 rings (SSSR count). The lowest BCUT2D eigenvalue weighted by molar-refractivity contribution is -0.155. The van der Waals surface area contributed by atoms with Gasteiger partial charge in [-0.15, -0.1) is 0 Å². The quantitative estimate of drug-likeness (QED) is 0.648. The van der Waals surface area contributed by atoms with Crippen molar-refractivity contribution in [1.29, 1.82) is 0 Å². The Balaban J connectivity index is 1.41. The molecule has 2 aromatic carbocycles. The summed E-state index contributed by atoms with van der Waals surface area (Å²) in [6.45, 7) is -0.0519. The maximum absolute atomic E-state index is 12.1. The normalized spacial score (nSPS) is 21.1. The number of nitrogens with one attached hydrogen (secondary N) is 1. The minimum atomic E-state index is -1.66. The summed E-state index contributed by atoms with van der Waals surface area (Å²) < 4.78 is 10.8. The van der Waals surface area contributed by atoms with E-state index in [1.165, 1.54) is 45.7 Å². The van der Waals surface area contributed by atoms with Gasteiger partial charge in [-0.1, -0.05) is 35.5 Å². The lowest BCUT2D eigenvalue weighted by atomic mass is 9.88. The fourth-order valence-corrected chi connectivity index (χ4v) is 5.42. The molecule has 3 aliphatic rings. The maximum Gasteiger partial charge on any atom is 0.356 e. The highest BCUT2D eigenvalue weighted by Crippen LogP contribution is 2.46. The molecule has 0 amide bonds. The lowest BCUT2D eigenvalue weighted by Crippen LogP contribution is -2.40. The van der Waals surface area contributed by atoms with Gasteiger partial charge >= 0.3 is 5.97 Å². The fourth-order valence-electron chi connectivity index (χ4n) is 5.42. The number of rotatable bonds is 4. The van der Waals surface area contributed by atoms with Crippen LogP contribution in [0, 0.1) is 0 Å². The zero-order chi connectivity index (χ0) is 21.7. The molecule has 7 heteroatoms. The minimum Gasteiger partial charge on any atom is -0.478 e. The number of hydrogen-bond acceptors (Lipinski definition) is 6. The van der Waals surface area contributed by atoms with Crippen LogP contribution in [0.4, 0.5) is 5.69 Å². The number of nitrogens with zero attached hydrogens (tertiary/aromatic N) is 2. The Morgan fingerprint density at radius 2 is 1.66 bits per heavy atom. The molecule has 2 N–H and O–H groups in total. The Hall–Kier alpha value is -3.61. The van der Waals surface area contributed by atoms with Gasteiger partial charge < -0.3 is 19.7 Å². The van der Waals surface area contributed by atoms with Gasteiger partial charge in [-0.05, 0) is 71.9 Å². The van der Waals surface area contributed by atoms with Crippen LogP contribution in [-0.2, 0) is 40.8 Å². The van der Waals surface area contributed by atoms with Gasteiger partial charge in [0, 0.05) is 11.8 Å². The van der Waals surface area contributed by atoms with E-state index < -0.39 is 11.6 Å². The van der Waals surface area contributed by atoms with Crippen molar-refractivity contribution in [1.82, 2.24) is 5.16 Å². The summed E-state index contributed by atoms with van der Waals surface area (Å²) in [6, 6.07) is 12.4. The van der Waals surface area contributed by atoms with Crippen molar-refractivity contribution in [3.8, 4) is 11.1 Å². The van der Waals surface area contributed by atoms with Crippen LogP contribution in [0.1, 0.15) is 40.8 Å². The number of fused-ring (bicyclic) bond motifs is 2. The molecule has 0 saturated heterocycles. The van der Waals surface area contributed by atoms with Crippen molar-refractivity contribution in [3.05, 3.63) is 70.6 Å². The number of carboxylic acid groups (broad SMARTS) is 1. The molecule has 0 fully saturated rings. The molecule has 0 spiro atoms. The number of aliphatic imine (C=N–C) groups is 1. The highest BCUT2D eigenvalue weighted by molar-refractivity contribution is 5.97. The summed E-state index contributed by atoms with van der Waals surface area (Å²) in [5.41, 5.74) is 7.71. The number of amidine groups is 1. The average molecular weight is 429 g/mol. The van der Waals surface area contributed by atoms with Crippen molar-refractivity contribution in [3.63, 3.8) is 0 Å². The largest absolute Gasteiger partial charge is 0.478 e. The lowest BCUT2D eigenvalue weighted by Gasteiger charge is -2.23. The fraction of sp³-hybridized carbons (Fsp3) is 0.320. The molecular weight excluding hydrogens is 406 g/mol. The van der Waals surface area contributed by atoms with E-state index in [0.717, 1.165) is 44.2 Å². The number of aromatic nitrogens is 1. The van der Waals surface area contributed by atoms with E-state index in [0.29, 0.717) is 0 Å². The first-order chi connectivity index (χ1) is 15.7. The molecule has 2 heterocycles. The molecule has 32 heavy (non-hydrogen) atoms. The van der Waals surface area contributed by atoms with Gasteiger partial charge in [-0.2, -0.15) is 0 Å². The van der Waals surface area contributed by atoms with Crippen LogP contribution < -0.4 is 5.32 Å². The number of anilines is 1. The van der Waals surface area contributed by atoms with Crippen LogP contribution in [0.2, 0.25) is 0 Å². The number of ether oxygens (including phenoxy) is 1. The molecule has 0 bridgehead atoms. The zero-order valence-electron chi connectivity index (χ0n) is 17.6. The van der Waals surface area contributed by atoms with Gasteiger partial charge in [0.1, 0.15) is 18.5 Å². The summed E-state index contributed by atoms with van der Waals surface area (Å²) in [6.07, 6.45) is 7.64. The standard InChI is InChI=1S/C25H23N3O4/c29-23(30)25(20-12-13-31-28-20)14-26-24(32-25)27-22-18-10-4-8-16(18)21(15-6-2-1-3-7-15)17-9-5-11-19(17)22/h1-3,6-7,12-13H,4-5,8-11,14H2,(H,26,27)(H,29,30). The van der Waals surface area contributed by atoms with Crippen molar-refractivity contribution in [2.75, 3.05) is 11.9 Å². The maximum atomic E-state index is 12.1. The summed E-state index contributed by atoms with van der Waals surface area (Å²) in [4.78, 5) is 16.5. The first-order valence-electron chi connectivity index (χ1n) is 11.1. The smallest absolute Gasteiger partial charge is 0.356 e. The van der Waals surface area contributed by atoms with Gasteiger partial charge in [-0.25, -0.2) is 9.79 Å². The Morgan fingerprint density at radius 3 is 2.28 bits per heavy atom. The van der Waals surface area contributed by atoms with Gasteiger partial charge in [0.2, 0.25) is 0 Å². The number of aliphatic carboxylic acids is 1. The Labute approximate surface area is 185 Å². The van der Waals surface area contributed by atoms with Crippen LogP contribution in [0.15, 0.2) is 52.2 Å². The van der Waals surface area contributed by atoms with E-state index in [1.54, 1.807) is 0 Å². The molecule has 1 unspecified atom stereocenters. The predicted octanol–water partition coefficient (Wildman–Crippen LogP) is 4.10. The number of hydrogen-bond donors (Lipinski definition) is 2. The summed E-state index contributed by atoms with van der Waals surface area (Å²) in [5, 5.41) is 17.1. The van der Waals surface area contributed by atoms with Crippen LogP contribution in [0.25, 0.3) is 11.1 Å². The van der Waals surface area contributed by atoms with Gasteiger partial charge in [0.15, 0.2) is 0 Å². The average Bonchev–Trinajstić information content (AvgIpc) is 3.60. The van der Waals surface area contributed by atoms with E-state index in [2.05, 4.69) is 45.8 Å². The molecular formula is C25H23N3O4. The second kappa shape index (κ2) is 7.22. The van der Waals surface area contributed by atoms with Gasteiger partial charge in [-0.3, -0.25) is 0 Å². The minimum absolute atomic E-state index is 0.0519. The van der Waals surface area contributed by atoms with Crippen LogP contribution >= 0.6 is 0 Å². The molecule has 7 nitrogen and oxygen atoms in total. The van der Waals surface area contributed by atoms with Crippen LogP contribution in [0.5, 0.6) is 0 Å². The van der Waals surface area contributed by atoms with E-state index >= 15 is 0 Å². The molecule has 3 aromatic rings. The predicted molar refractivity (Wildman–Crippen MR) is 119 cm³/mol. The van der Waals surface area contributed by atoms with Crippen LogP contribution in [-0.4, -0.2) is 28.8 Å². The van der Waals surface area contributed by atoms with E-state index in [-0.39, 0.29) is 18.3 Å². The number of carbonyl (C=O) groups is 1. The number of carboxylic acids is 1.